The van der Waals surface area contributed by atoms with Crippen molar-refractivity contribution in [3.8, 4) is 0 Å². The van der Waals surface area contributed by atoms with Crippen molar-refractivity contribution < 1.29 is 4.74 Å². The van der Waals surface area contributed by atoms with Crippen molar-refractivity contribution in [2.24, 2.45) is 0 Å². The van der Waals surface area contributed by atoms with Gasteiger partial charge in [0.15, 0.2) is 0 Å². The van der Waals surface area contributed by atoms with Crippen LogP contribution in [0.15, 0.2) is 48.5 Å². The van der Waals surface area contributed by atoms with Crippen LogP contribution < -0.4 is 0 Å². The molecule has 2 unspecified atom stereocenters. The highest BCUT2D eigenvalue weighted by atomic mass is 16.5. The normalized spacial score (nSPS) is 13.6. The Kier molecular flexibility index (Phi) is 8.21. The van der Waals surface area contributed by atoms with E-state index in [1.54, 1.807) is 0 Å². The lowest BCUT2D eigenvalue weighted by Gasteiger charge is -2.26. The van der Waals surface area contributed by atoms with Gasteiger partial charge in [-0.25, -0.2) is 0 Å². The van der Waals surface area contributed by atoms with E-state index in [0.717, 1.165) is 25.7 Å². The fourth-order valence-corrected chi connectivity index (χ4v) is 3.52. The van der Waals surface area contributed by atoms with E-state index in [4.69, 9.17) is 4.74 Å². The third-order valence-electron chi connectivity index (χ3n) is 5.02. The average molecular weight is 339 g/mol. The molecule has 2 aromatic rings. The van der Waals surface area contributed by atoms with E-state index in [1.807, 2.05) is 0 Å². The third-order valence-corrected chi connectivity index (χ3v) is 5.02. The number of ether oxygens (including phenoxy) is 1. The van der Waals surface area contributed by atoms with Gasteiger partial charge in [0.05, 0.1) is 12.2 Å². The van der Waals surface area contributed by atoms with E-state index in [2.05, 4.69) is 76.2 Å². The molecule has 0 aliphatic carbocycles. The van der Waals surface area contributed by atoms with Crippen molar-refractivity contribution in [2.45, 2.75) is 78.4 Å². The molecule has 0 saturated carbocycles. The minimum Gasteiger partial charge on any atom is -0.374 e. The second kappa shape index (κ2) is 10.4. The van der Waals surface area contributed by atoms with Crippen LogP contribution in [0.3, 0.4) is 0 Å². The minimum absolute atomic E-state index is 0.312. The first-order valence-electron chi connectivity index (χ1n) is 9.88. The van der Waals surface area contributed by atoms with E-state index in [1.165, 1.54) is 35.1 Å². The van der Waals surface area contributed by atoms with E-state index in [0.29, 0.717) is 12.2 Å². The van der Waals surface area contributed by atoms with Crippen molar-refractivity contribution in [1.82, 2.24) is 0 Å². The molecule has 0 aliphatic heterocycles. The van der Waals surface area contributed by atoms with E-state index in [9.17, 15) is 0 Å². The highest BCUT2D eigenvalue weighted by Gasteiger charge is 2.18. The second-order valence-corrected chi connectivity index (χ2v) is 7.22. The van der Waals surface area contributed by atoms with Gasteiger partial charge in [0, 0.05) is 0 Å². The monoisotopic (exact) mass is 338 g/mol. The maximum atomic E-state index is 6.65. The van der Waals surface area contributed by atoms with Crippen molar-refractivity contribution in [2.75, 3.05) is 0 Å². The van der Waals surface area contributed by atoms with Gasteiger partial charge in [0.1, 0.15) is 0 Å². The molecule has 0 fully saturated rings. The van der Waals surface area contributed by atoms with Crippen LogP contribution in [0.1, 0.15) is 61.8 Å². The summed E-state index contributed by atoms with van der Waals surface area (Å²) in [6, 6.07) is 17.4. The van der Waals surface area contributed by atoms with Crippen molar-refractivity contribution in [3.63, 3.8) is 0 Å². The fourth-order valence-electron chi connectivity index (χ4n) is 3.52. The Labute approximate surface area is 154 Å². The standard InChI is InChI=1S/C24H34O/c1-5-11-23(17-21-15-9-7-13-19(21)3)25-24(12-6-2)18-22-16-10-8-14-20(22)4/h7-10,13-16,23-24H,5-6,11-12,17-18H2,1-4H3. The number of benzene rings is 2. The number of hydrogen-bond acceptors (Lipinski definition) is 1. The molecule has 0 amide bonds. The molecule has 0 heterocycles. The third kappa shape index (κ3) is 6.32. The summed E-state index contributed by atoms with van der Waals surface area (Å²) < 4.78 is 6.65. The first-order valence-corrected chi connectivity index (χ1v) is 9.88. The molecular weight excluding hydrogens is 304 g/mol. The lowest BCUT2D eigenvalue weighted by Crippen LogP contribution is -2.26. The highest BCUT2D eigenvalue weighted by Crippen LogP contribution is 2.21. The molecule has 2 atom stereocenters. The molecule has 0 N–H and O–H groups in total. The minimum atomic E-state index is 0.312. The summed E-state index contributed by atoms with van der Waals surface area (Å²) >= 11 is 0. The zero-order valence-electron chi connectivity index (χ0n) is 16.4. The molecule has 0 aliphatic rings. The highest BCUT2D eigenvalue weighted by molar-refractivity contribution is 5.27. The lowest BCUT2D eigenvalue weighted by molar-refractivity contribution is -0.0201. The maximum absolute atomic E-state index is 6.65. The quantitative estimate of drug-likeness (QED) is 0.484. The summed E-state index contributed by atoms with van der Waals surface area (Å²) in [5.74, 6) is 0. The number of rotatable bonds is 10. The predicted octanol–water partition coefficient (Wildman–Crippen LogP) is 6.44. The zero-order valence-corrected chi connectivity index (χ0v) is 16.4. The Balaban J connectivity index is 2.07. The van der Waals surface area contributed by atoms with Crippen LogP contribution in [0.2, 0.25) is 0 Å². The Bertz CT molecular complexity index is 576. The Morgan fingerprint density at radius 2 is 1.08 bits per heavy atom. The number of aryl methyl sites for hydroxylation is 2. The van der Waals surface area contributed by atoms with E-state index in [-0.39, 0.29) is 0 Å². The van der Waals surface area contributed by atoms with Crippen LogP contribution >= 0.6 is 0 Å². The van der Waals surface area contributed by atoms with Gasteiger partial charge < -0.3 is 4.74 Å². The second-order valence-electron chi connectivity index (χ2n) is 7.22. The molecule has 25 heavy (non-hydrogen) atoms. The summed E-state index contributed by atoms with van der Waals surface area (Å²) in [4.78, 5) is 0. The molecule has 0 bridgehead atoms. The smallest absolute Gasteiger partial charge is 0.0619 e. The molecule has 1 heteroatoms. The predicted molar refractivity (Wildman–Crippen MR) is 108 cm³/mol. The molecule has 136 valence electrons. The number of hydrogen-bond donors (Lipinski definition) is 0. The van der Waals surface area contributed by atoms with E-state index < -0.39 is 0 Å². The SMILES string of the molecule is CCCC(Cc1ccccc1C)OC(CCC)Cc1ccccc1C. The van der Waals surface area contributed by atoms with Gasteiger partial charge >= 0.3 is 0 Å². The molecule has 0 aromatic heterocycles. The fraction of sp³-hybridized carbons (Fsp3) is 0.500. The van der Waals surface area contributed by atoms with Gasteiger partial charge in [-0.05, 0) is 61.8 Å². The van der Waals surface area contributed by atoms with Crippen LogP contribution in [0.25, 0.3) is 0 Å². The summed E-state index contributed by atoms with van der Waals surface area (Å²) in [7, 11) is 0. The molecule has 2 rings (SSSR count). The summed E-state index contributed by atoms with van der Waals surface area (Å²) in [6.07, 6.45) is 7.26. The van der Waals surface area contributed by atoms with Crippen LogP contribution in [0, 0.1) is 13.8 Å². The van der Waals surface area contributed by atoms with Crippen molar-refractivity contribution in [3.05, 3.63) is 70.8 Å². The molecule has 1 nitrogen and oxygen atoms in total. The molecular formula is C24H34O. The van der Waals surface area contributed by atoms with Crippen LogP contribution in [-0.2, 0) is 17.6 Å². The van der Waals surface area contributed by atoms with Crippen LogP contribution in [0.5, 0.6) is 0 Å². The van der Waals surface area contributed by atoms with Crippen LogP contribution in [0.4, 0.5) is 0 Å². The van der Waals surface area contributed by atoms with Gasteiger partial charge in [-0.3, -0.25) is 0 Å². The van der Waals surface area contributed by atoms with Gasteiger partial charge in [0.2, 0.25) is 0 Å². The summed E-state index contributed by atoms with van der Waals surface area (Å²) in [5.41, 5.74) is 5.59. The molecule has 2 aromatic carbocycles. The first-order chi connectivity index (χ1) is 12.1. The van der Waals surface area contributed by atoms with Gasteiger partial charge in [-0.1, -0.05) is 75.2 Å². The van der Waals surface area contributed by atoms with Gasteiger partial charge in [-0.15, -0.1) is 0 Å². The Morgan fingerprint density at radius 1 is 0.680 bits per heavy atom. The maximum Gasteiger partial charge on any atom is 0.0619 e. The van der Waals surface area contributed by atoms with Crippen molar-refractivity contribution >= 4 is 0 Å². The van der Waals surface area contributed by atoms with Gasteiger partial charge in [0.25, 0.3) is 0 Å². The topological polar surface area (TPSA) is 9.23 Å². The van der Waals surface area contributed by atoms with Crippen molar-refractivity contribution in [1.29, 1.82) is 0 Å². The largest absolute Gasteiger partial charge is 0.374 e. The first kappa shape index (κ1) is 19.7. The molecule has 0 saturated heterocycles. The summed E-state index contributed by atoms with van der Waals surface area (Å²) in [6.45, 7) is 8.92. The van der Waals surface area contributed by atoms with Gasteiger partial charge in [-0.2, -0.15) is 0 Å². The average Bonchev–Trinajstić information content (AvgIpc) is 2.59. The zero-order chi connectivity index (χ0) is 18.1. The summed E-state index contributed by atoms with van der Waals surface area (Å²) in [5, 5.41) is 0. The Hall–Kier alpha value is -1.60. The molecule has 0 spiro atoms. The lowest BCUT2D eigenvalue weighted by atomic mass is 9.98. The van der Waals surface area contributed by atoms with E-state index >= 15 is 0 Å². The molecule has 0 radical (unpaired) electrons. The Morgan fingerprint density at radius 3 is 1.44 bits per heavy atom. The van der Waals surface area contributed by atoms with Crippen LogP contribution in [-0.4, -0.2) is 12.2 Å².